The van der Waals surface area contributed by atoms with E-state index in [1.54, 1.807) is 12.1 Å². The number of rotatable bonds is 1. The molecular weight excluding hydrogens is 264 g/mol. The van der Waals surface area contributed by atoms with E-state index in [9.17, 15) is 15.3 Å². The minimum atomic E-state index is -0.505. The number of nitro benzene ring substituents is 1. The third-order valence-corrected chi connectivity index (χ3v) is 2.74. The Morgan fingerprint density at radius 2 is 2.00 bits per heavy atom. The molecule has 0 aliphatic heterocycles. The van der Waals surface area contributed by atoms with Gasteiger partial charge < -0.3 is 5.21 Å². The molecule has 6 heteroatoms. The molecule has 1 aromatic carbocycles. The van der Waals surface area contributed by atoms with Gasteiger partial charge in [-0.1, -0.05) is 15.9 Å². The highest BCUT2D eigenvalue weighted by Gasteiger charge is 2.15. The molecule has 0 saturated heterocycles. The molecule has 0 unspecified atom stereocenters. The smallest absolute Gasteiger partial charge is 0.283 e. The van der Waals surface area contributed by atoms with Crippen LogP contribution < -0.4 is 4.73 Å². The SMILES string of the molecule is O=[N+]([O-])c1ccc(Br)c2cc[n+]([O-])cc12. The molecule has 0 spiro atoms. The van der Waals surface area contributed by atoms with Crippen molar-refractivity contribution < 1.29 is 9.65 Å². The first kappa shape index (κ1) is 9.85. The van der Waals surface area contributed by atoms with E-state index in [0.29, 0.717) is 15.5 Å². The molecule has 15 heavy (non-hydrogen) atoms. The zero-order valence-corrected chi connectivity index (χ0v) is 8.97. The number of hydrogen-bond acceptors (Lipinski definition) is 3. The van der Waals surface area contributed by atoms with Crippen LogP contribution in [0.25, 0.3) is 10.8 Å². The van der Waals surface area contributed by atoms with Crippen molar-refractivity contribution in [2.75, 3.05) is 0 Å². The summed E-state index contributed by atoms with van der Waals surface area (Å²) in [7, 11) is 0. The molecule has 0 radical (unpaired) electrons. The summed E-state index contributed by atoms with van der Waals surface area (Å²) in [5.41, 5.74) is -0.0709. The first-order valence-electron chi connectivity index (χ1n) is 4.05. The maximum Gasteiger partial charge on any atom is 0.283 e. The predicted molar refractivity (Wildman–Crippen MR) is 57.3 cm³/mol. The summed E-state index contributed by atoms with van der Waals surface area (Å²) in [6, 6.07) is 4.50. The second-order valence-electron chi connectivity index (χ2n) is 2.96. The molecule has 2 aromatic rings. The van der Waals surface area contributed by atoms with Gasteiger partial charge in [-0.3, -0.25) is 10.1 Å². The second-order valence-corrected chi connectivity index (χ2v) is 3.81. The lowest BCUT2D eigenvalue weighted by Gasteiger charge is -2.01. The molecule has 0 fully saturated rings. The van der Waals surface area contributed by atoms with Crippen LogP contribution in [0.15, 0.2) is 35.1 Å². The highest BCUT2D eigenvalue weighted by Crippen LogP contribution is 2.29. The fourth-order valence-electron chi connectivity index (χ4n) is 1.38. The summed E-state index contributed by atoms with van der Waals surface area (Å²) in [5, 5.41) is 22.7. The van der Waals surface area contributed by atoms with Crippen LogP contribution in [0, 0.1) is 15.3 Å². The average molecular weight is 269 g/mol. The number of aromatic nitrogens is 1. The normalized spacial score (nSPS) is 10.5. The maximum atomic E-state index is 11.0. The Hall–Kier alpha value is -1.69. The topological polar surface area (TPSA) is 70.1 Å². The summed E-state index contributed by atoms with van der Waals surface area (Å²) in [6.45, 7) is 0. The Bertz CT molecular complexity index is 556. The second kappa shape index (κ2) is 3.47. The molecule has 0 N–H and O–H groups in total. The first-order chi connectivity index (χ1) is 7.09. The molecular formula is C9H5BrN2O3. The van der Waals surface area contributed by atoms with Gasteiger partial charge in [-0.2, -0.15) is 4.73 Å². The fraction of sp³-hybridized carbons (Fsp3) is 0. The Morgan fingerprint density at radius 1 is 1.27 bits per heavy atom. The van der Waals surface area contributed by atoms with E-state index in [1.807, 2.05) is 0 Å². The van der Waals surface area contributed by atoms with Crippen LogP contribution in [0.1, 0.15) is 0 Å². The van der Waals surface area contributed by atoms with Crippen LogP contribution in [-0.4, -0.2) is 4.92 Å². The Kier molecular flexibility index (Phi) is 2.28. The van der Waals surface area contributed by atoms with Gasteiger partial charge in [0.15, 0.2) is 12.4 Å². The quantitative estimate of drug-likeness (QED) is 0.344. The summed E-state index contributed by atoms with van der Waals surface area (Å²) < 4.78 is 1.27. The van der Waals surface area contributed by atoms with Gasteiger partial charge in [-0.25, -0.2) is 0 Å². The minimum absolute atomic E-state index is 0.0709. The average Bonchev–Trinajstić information content (AvgIpc) is 2.17. The molecule has 0 amide bonds. The Balaban J connectivity index is 2.90. The first-order valence-corrected chi connectivity index (χ1v) is 4.84. The molecule has 5 nitrogen and oxygen atoms in total. The lowest BCUT2D eigenvalue weighted by atomic mass is 10.1. The van der Waals surface area contributed by atoms with E-state index in [1.165, 1.54) is 18.5 Å². The van der Waals surface area contributed by atoms with Crippen LogP contribution >= 0.6 is 15.9 Å². The molecule has 0 atom stereocenters. The Labute approximate surface area is 92.8 Å². The van der Waals surface area contributed by atoms with E-state index < -0.39 is 4.92 Å². The van der Waals surface area contributed by atoms with Crippen LogP contribution in [0.5, 0.6) is 0 Å². The zero-order chi connectivity index (χ0) is 11.0. The monoisotopic (exact) mass is 268 g/mol. The molecule has 0 bridgehead atoms. The number of halogens is 1. The van der Waals surface area contributed by atoms with Gasteiger partial charge in [0.05, 0.1) is 4.92 Å². The van der Waals surface area contributed by atoms with Crippen LogP contribution in [0.4, 0.5) is 5.69 Å². The van der Waals surface area contributed by atoms with Crippen molar-refractivity contribution in [2.24, 2.45) is 0 Å². The van der Waals surface area contributed by atoms with Gasteiger partial charge in [0.2, 0.25) is 0 Å². The van der Waals surface area contributed by atoms with E-state index in [-0.39, 0.29) is 5.69 Å². The van der Waals surface area contributed by atoms with Crippen molar-refractivity contribution in [3.8, 4) is 0 Å². The van der Waals surface area contributed by atoms with Crippen molar-refractivity contribution in [3.05, 3.63) is 50.4 Å². The zero-order valence-electron chi connectivity index (χ0n) is 7.38. The van der Waals surface area contributed by atoms with E-state index in [4.69, 9.17) is 0 Å². The van der Waals surface area contributed by atoms with Gasteiger partial charge in [0, 0.05) is 22.0 Å². The minimum Gasteiger partial charge on any atom is -0.619 e. The van der Waals surface area contributed by atoms with Gasteiger partial charge in [-0.05, 0) is 6.07 Å². The molecule has 76 valence electrons. The molecule has 0 saturated carbocycles. The molecule has 0 aliphatic carbocycles. The third kappa shape index (κ3) is 1.63. The Morgan fingerprint density at radius 3 is 2.67 bits per heavy atom. The van der Waals surface area contributed by atoms with Crippen molar-refractivity contribution >= 4 is 32.4 Å². The third-order valence-electron chi connectivity index (χ3n) is 2.05. The highest BCUT2D eigenvalue weighted by atomic mass is 79.9. The lowest BCUT2D eigenvalue weighted by Crippen LogP contribution is -2.23. The number of fused-ring (bicyclic) bond motifs is 1. The van der Waals surface area contributed by atoms with Gasteiger partial charge in [-0.15, -0.1) is 0 Å². The summed E-state index contributed by atoms with van der Waals surface area (Å²) in [6.07, 6.45) is 2.50. The largest absolute Gasteiger partial charge is 0.619 e. The summed E-state index contributed by atoms with van der Waals surface area (Å²) in [4.78, 5) is 10.2. The van der Waals surface area contributed by atoms with Crippen molar-refractivity contribution in [3.63, 3.8) is 0 Å². The number of nitro groups is 1. The highest BCUT2D eigenvalue weighted by molar-refractivity contribution is 9.10. The number of nitrogens with zero attached hydrogens (tertiary/aromatic N) is 2. The molecule has 1 aromatic heterocycles. The number of benzene rings is 1. The van der Waals surface area contributed by atoms with E-state index >= 15 is 0 Å². The van der Waals surface area contributed by atoms with Gasteiger partial charge >= 0.3 is 0 Å². The van der Waals surface area contributed by atoms with Crippen LogP contribution in [0.3, 0.4) is 0 Å². The summed E-state index contributed by atoms with van der Waals surface area (Å²) >= 11 is 3.27. The lowest BCUT2D eigenvalue weighted by molar-refractivity contribution is -0.604. The maximum absolute atomic E-state index is 11.0. The molecule has 2 rings (SSSR count). The fourth-order valence-corrected chi connectivity index (χ4v) is 1.86. The van der Waals surface area contributed by atoms with Crippen LogP contribution in [0.2, 0.25) is 0 Å². The van der Waals surface area contributed by atoms with Gasteiger partial charge in [0.1, 0.15) is 5.39 Å². The summed E-state index contributed by atoms with van der Waals surface area (Å²) in [5.74, 6) is 0. The van der Waals surface area contributed by atoms with Crippen molar-refractivity contribution in [2.45, 2.75) is 0 Å². The predicted octanol–water partition coefficient (Wildman–Crippen LogP) is 2.14. The number of pyridine rings is 1. The molecule has 1 heterocycles. The standard InChI is InChI=1S/C9H5BrN2O3/c10-8-1-2-9(12(14)15)7-5-11(13)4-3-6(7)8/h1-5H. The number of non-ortho nitro benzene ring substituents is 1. The van der Waals surface area contributed by atoms with Gasteiger partial charge in [0.25, 0.3) is 5.69 Å². The van der Waals surface area contributed by atoms with Crippen molar-refractivity contribution in [1.29, 1.82) is 0 Å². The number of hydrogen-bond donors (Lipinski definition) is 0. The van der Waals surface area contributed by atoms with Crippen molar-refractivity contribution in [1.82, 2.24) is 0 Å². The van der Waals surface area contributed by atoms with Crippen LogP contribution in [-0.2, 0) is 0 Å². The van der Waals surface area contributed by atoms with E-state index in [0.717, 1.165) is 4.47 Å². The van der Waals surface area contributed by atoms with E-state index in [2.05, 4.69) is 15.9 Å². The molecule has 0 aliphatic rings.